The lowest BCUT2D eigenvalue weighted by atomic mass is 10.1. The third-order valence-electron chi connectivity index (χ3n) is 4.12. The number of hydrogen-bond donors (Lipinski definition) is 1. The fourth-order valence-corrected chi connectivity index (χ4v) is 3.64. The van der Waals surface area contributed by atoms with Gasteiger partial charge < -0.3 is 5.32 Å². The number of carbonyl (C=O) groups is 1. The number of anilines is 1. The van der Waals surface area contributed by atoms with Crippen molar-refractivity contribution in [3.05, 3.63) is 93.5 Å². The highest BCUT2D eigenvalue weighted by atomic mass is 35.5. The van der Waals surface area contributed by atoms with Gasteiger partial charge in [-0.15, -0.1) is 0 Å². The minimum atomic E-state index is -0.475. The zero-order valence-electron chi connectivity index (χ0n) is 15.4. The van der Waals surface area contributed by atoms with E-state index in [2.05, 4.69) is 5.32 Å². The molecular weight excluding hydrogens is 423 g/mol. The van der Waals surface area contributed by atoms with Crippen molar-refractivity contribution in [1.29, 1.82) is 5.26 Å². The van der Waals surface area contributed by atoms with Crippen LogP contribution in [0.15, 0.2) is 82.1 Å². The second-order valence-electron chi connectivity index (χ2n) is 6.16. The van der Waals surface area contributed by atoms with Crippen molar-refractivity contribution in [2.24, 2.45) is 0 Å². The Morgan fingerprint density at radius 3 is 2.24 bits per heavy atom. The zero-order valence-corrected chi connectivity index (χ0v) is 17.8. The molecule has 29 heavy (non-hydrogen) atoms. The van der Waals surface area contributed by atoms with Gasteiger partial charge in [0.1, 0.15) is 11.6 Å². The van der Waals surface area contributed by atoms with Crippen LogP contribution >= 0.6 is 35.0 Å². The Bertz CT molecular complexity index is 1100. The molecule has 3 aromatic rings. The number of rotatable bonds is 5. The Kier molecular flexibility index (Phi) is 7.00. The summed E-state index contributed by atoms with van der Waals surface area (Å²) < 4.78 is 0. The number of nitriles is 1. The lowest BCUT2D eigenvalue weighted by molar-refractivity contribution is -0.112. The largest absolute Gasteiger partial charge is 0.321 e. The molecule has 3 aromatic carbocycles. The maximum absolute atomic E-state index is 12.5. The Balaban J connectivity index is 1.73. The molecule has 3 rings (SSSR count). The van der Waals surface area contributed by atoms with Gasteiger partial charge in [0.15, 0.2) is 0 Å². The Morgan fingerprint density at radius 1 is 1.00 bits per heavy atom. The van der Waals surface area contributed by atoms with Gasteiger partial charge in [0.25, 0.3) is 5.91 Å². The monoisotopic (exact) mass is 438 g/mol. The summed E-state index contributed by atoms with van der Waals surface area (Å²) in [7, 11) is 0. The Hall–Kier alpha value is -2.71. The van der Waals surface area contributed by atoms with Crippen molar-refractivity contribution < 1.29 is 4.79 Å². The van der Waals surface area contributed by atoms with Gasteiger partial charge in [0, 0.05) is 25.5 Å². The highest BCUT2D eigenvalue weighted by Gasteiger charge is 2.12. The van der Waals surface area contributed by atoms with Crippen LogP contribution in [0.1, 0.15) is 11.1 Å². The van der Waals surface area contributed by atoms with Gasteiger partial charge in [0.2, 0.25) is 0 Å². The molecule has 0 bridgehead atoms. The van der Waals surface area contributed by atoms with Gasteiger partial charge in [0.05, 0.1) is 0 Å². The van der Waals surface area contributed by atoms with Crippen molar-refractivity contribution in [3.63, 3.8) is 0 Å². The predicted octanol–water partition coefficient (Wildman–Crippen LogP) is 7.00. The molecular formula is C23H16Cl2N2OS. The molecule has 0 fully saturated rings. The van der Waals surface area contributed by atoms with Crippen molar-refractivity contribution in [1.82, 2.24) is 0 Å². The molecule has 0 aliphatic rings. The Morgan fingerprint density at radius 2 is 1.62 bits per heavy atom. The van der Waals surface area contributed by atoms with E-state index < -0.39 is 5.91 Å². The molecule has 0 unspecified atom stereocenters. The van der Waals surface area contributed by atoms with E-state index in [0.717, 1.165) is 20.9 Å². The number of nitrogens with one attached hydrogen (secondary N) is 1. The first-order valence-electron chi connectivity index (χ1n) is 8.68. The molecule has 1 N–H and O–H groups in total. The minimum absolute atomic E-state index is 0.0162. The van der Waals surface area contributed by atoms with E-state index in [1.165, 1.54) is 0 Å². The van der Waals surface area contributed by atoms with Crippen molar-refractivity contribution in [2.45, 2.75) is 16.7 Å². The van der Waals surface area contributed by atoms with Gasteiger partial charge in [-0.1, -0.05) is 53.2 Å². The summed E-state index contributed by atoms with van der Waals surface area (Å²) in [4.78, 5) is 14.6. The first kappa shape index (κ1) is 21.0. The first-order valence-corrected chi connectivity index (χ1v) is 10.3. The number of benzene rings is 3. The smallest absolute Gasteiger partial charge is 0.266 e. The average Bonchev–Trinajstić information content (AvgIpc) is 2.72. The summed E-state index contributed by atoms with van der Waals surface area (Å²) in [6, 6.07) is 22.4. The van der Waals surface area contributed by atoms with Crippen LogP contribution < -0.4 is 5.32 Å². The summed E-state index contributed by atoms with van der Waals surface area (Å²) in [5.41, 5.74) is 2.11. The van der Waals surface area contributed by atoms with Crippen LogP contribution in [0.3, 0.4) is 0 Å². The average molecular weight is 439 g/mol. The van der Waals surface area contributed by atoms with Crippen LogP contribution in [0.5, 0.6) is 0 Å². The number of nitrogens with zero attached hydrogens (tertiary/aromatic N) is 1. The molecule has 0 saturated heterocycles. The van der Waals surface area contributed by atoms with Crippen molar-refractivity contribution >= 4 is 52.6 Å². The summed E-state index contributed by atoms with van der Waals surface area (Å²) in [6.07, 6.45) is 1.56. The Labute approximate surface area is 184 Å². The number of halogens is 2. The van der Waals surface area contributed by atoms with E-state index in [1.54, 1.807) is 36.0 Å². The second kappa shape index (κ2) is 9.67. The number of carbonyl (C=O) groups excluding carboxylic acids is 1. The maximum atomic E-state index is 12.5. The minimum Gasteiger partial charge on any atom is -0.321 e. The van der Waals surface area contributed by atoms with Gasteiger partial charge in [-0.2, -0.15) is 5.26 Å². The molecule has 0 aromatic heterocycles. The maximum Gasteiger partial charge on any atom is 0.266 e. The lowest BCUT2D eigenvalue weighted by Crippen LogP contribution is -2.14. The summed E-state index contributed by atoms with van der Waals surface area (Å²) in [5.74, 6) is -0.475. The summed E-state index contributed by atoms with van der Waals surface area (Å²) in [6.45, 7) is 1.81. The van der Waals surface area contributed by atoms with E-state index in [1.807, 2.05) is 61.5 Å². The molecule has 1 amide bonds. The molecule has 0 heterocycles. The van der Waals surface area contributed by atoms with E-state index in [0.29, 0.717) is 15.7 Å². The topological polar surface area (TPSA) is 52.9 Å². The van der Waals surface area contributed by atoms with Gasteiger partial charge >= 0.3 is 0 Å². The highest BCUT2D eigenvalue weighted by molar-refractivity contribution is 7.99. The molecule has 3 nitrogen and oxygen atoms in total. The highest BCUT2D eigenvalue weighted by Crippen LogP contribution is 2.29. The van der Waals surface area contributed by atoms with E-state index >= 15 is 0 Å². The number of hydrogen-bond acceptors (Lipinski definition) is 3. The predicted molar refractivity (Wildman–Crippen MR) is 120 cm³/mol. The SMILES string of the molecule is Cc1c(Cl)cccc1NC(=O)/C(C#N)=C\c1ccc(Sc2ccc(Cl)cc2)cc1. The zero-order chi connectivity index (χ0) is 20.8. The van der Waals surface area contributed by atoms with Crippen LogP contribution in [0.4, 0.5) is 5.69 Å². The quantitative estimate of drug-likeness (QED) is 0.344. The van der Waals surface area contributed by atoms with E-state index in [-0.39, 0.29) is 5.57 Å². The van der Waals surface area contributed by atoms with Crippen LogP contribution in [-0.4, -0.2) is 5.91 Å². The van der Waals surface area contributed by atoms with E-state index in [9.17, 15) is 10.1 Å². The molecule has 0 atom stereocenters. The summed E-state index contributed by atoms with van der Waals surface area (Å²) >= 11 is 13.6. The summed E-state index contributed by atoms with van der Waals surface area (Å²) in [5, 5.41) is 13.4. The van der Waals surface area contributed by atoms with Crippen LogP contribution in [0.2, 0.25) is 10.0 Å². The molecule has 0 spiro atoms. The molecule has 0 aliphatic heterocycles. The van der Waals surface area contributed by atoms with Crippen LogP contribution in [-0.2, 0) is 4.79 Å². The van der Waals surface area contributed by atoms with Crippen LogP contribution in [0, 0.1) is 18.3 Å². The fraction of sp³-hybridized carbons (Fsp3) is 0.0435. The lowest BCUT2D eigenvalue weighted by Gasteiger charge is -2.09. The van der Waals surface area contributed by atoms with Gasteiger partial charge in [-0.05, 0) is 72.7 Å². The molecule has 0 radical (unpaired) electrons. The number of amides is 1. The third kappa shape index (κ3) is 5.65. The molecule has 0 aliphatic carbocycles. The molecule has 6 heteroatoms. The van der Waals surface area contributed by atoms with Crippen LogP contribution in [0.25, 0.3) is 6.08 Å². The normalized spacial score (nSPS) is 11.0. The first-order chi connectivity index (χ1) is 14.0. The van der Waals surface area contributed by atoms with Crippen molar-refractivity contribution in [2.75, 3.05) is 5.32 Å². The molecule has 144 valence electrons. The van der Waals surface area contributed by atoms with Gasteiger partial charge in [-0.25, -0.2) is 0 Å². The fourth-order valence-electron chi connectivity index (χ4n) is 2.52. The standard InChI is InChI=1S/C23H16Cl2N2OS/c1-15-21(25)3-2-4-22(15)27-23(28)17(14-26)13-16-5-9-19(10-6-16)29-20-11-7-18(24)8-12-20/h2-13H,1H3,(H,27,28)/b17-13-. The molecule has 0 saturated carbocycles. The second-order valence-corrected chi connectivity index (χ2v) is 8.15. The van der Waals surface area contributed by atoms with Crippen molar-refractivity contribution in [3.8, 4) is 6.07 Å². The van der Waals surface area contributed by atoms with Gasteiger partial charge in [-0.3, -0.25) is 4.79 Å². The third-order valence-corrected chi connectivity index (χ3v) is 5.80. The van der Waals surface area contributed by atoms with E-state index in [4.69, 9.17) is 23.2 Å².